The van der Waals surface area contributed by atoms with Gasteiger partial charge >= 0.3 is 5.97 Å². The minimum atomic E-state index is -1.11. The van der Waals surface area contributed by atoms with Crippen molar-refractivity contribution in [2.24, 2.45) is 0 Å². The second-order valence-corrected chi connectivity index (χ2v) is 7.67. The van der Waals surface area contributed by atoms with Gasteiger partial charge in [-0.25, -0.2) is 4.79 Å². The maximum Gasteiger partial charge on any atom is 0.337 e. The zero-order valence-corrected chi connectivity index (χ0v) is 17.5. The van der Waals surface area contributed by atoms with E-state index in [0.717, 1.165) is 5.56 Å². The minimum Gasteiger partial charge on any atom is -0.478 e. The lowest BCUT2D eigenvalue weighted by Gasteiger charge is -2.37. The molecule has 8 nitrogen and oxygen atoms in total. The SMILES string of the molecule is CC(C(=S)N1CCN(c2cccc([N+](=O)[O-])c2)C(=O)C1)c1ccc(C(=O)O)c(Cl)c1. The molecule has 1 atom stereocenters. The number of carboxylic acid groups (broad SMARTS) is 1. The molecule has 1 aliphatic heterocycles. The largest absolute Gasteiger partial charge is 0.478 e. The van der Waals surface area contributed by atoms with Crippen LogP contribution in [0.2, 0.25) is 5.02 Å². The van der Waals surface area contributed by atoms with Crippen LogP contribution in [0.3, 0.4) is 0 Å². The highest BCUT2D eigenvalue weighted by molar-refractivity contribution is 7.80. The molecule has 156 valence electrons. The monoisotopic (exact) mass is 447 g/mol. The molecule has 1 N–H and O–H groups in total. The summed E-state index contributed by atoms with van der Waals surface area (Å²) in [5, 5.41) is 20.2. The first-order valence-electron chi connectivity index (χ1n) is 9.05. The van der Waals surface area contributed by atoms with Crippen molar-refractivity contribution in [3.05, 3.63) is 68.7 Å². The Morgan fingerprint density at radius 2 is 2.00 bits per heavy atom. The molecule has 1 amide bonds. The number of anilines is 1. The Balaban J connectivity index is 1.72. The van der Waals surface area contributed by atoms with E-state index in [1.54, 1.807) is 29.2 Å². The molecule has 3 rings (SSSR count). The zero-order chi connectivity index (χ0) is 22.0. The van der Waals surface area contributed by atoms with Gasteiger partial charge in [-0.2, -0.15) is 0 Å². The van der Waals surface area contributed by atoms with E-state index in [4.69, 9.17) is 28.9 Å². The van der Waals surface area contributed by atoms with E-state index in [1.807, 2.05) is 6.92 Å². The van der Waals surface area contributed by atoms with Gasteiger partial charge in [0.05, 0.1) is 32.7 Å². The summed E-state index contributed by atoms with van der Waals surface area (Å²) in [4.78, 5) is 38.1. The molecule has 0 bridgehead atoms. The molecule has 0 aliphatic carbocycles. The van der Waals surface area contributed by atoms with Crippen LogP contribution in [0.4, 0.5) is 11.4 Å². The van der Waals surface area contributed by atoms with Crippen molar-refractivity contribution in [2.75, 3.05) is 24.5 Å². The standard InChI is InChI=1S/C20H18ClN3O5S/c1-12(13-5-6-16(20(26)27)17(21)9-13)19(30)22-7-8-23(18(25)11-22)14-3-2-4-15(10-14)24(28)29/h2-6,9-10,12H,7-8,11H2,1H3,(H,26,27). The Hall–Kier alpha value is -3.04. The van der Waals surface area contributed by atoms with Crippen molar-refractivity contribution in [1.29, 1.82) is 0 Å². The molecule has 1 fully saturated rings. The lowest BCUT2D eigenvalue weighted by Crippen LogP contribution is -2.52. The summed E-state index contributed by atoms with van der Waals surface area (Å²) in [6, 6.07) is 10.6. The molecule has 30 heavy (non-hydrogen) atoms. The van der Waals surface area contributed by atoms with Gasteiger partial charge in [-0.15, -0.1) is 0 Å². The van der Waals surface area contributed by atoms with Gasteiger partial charge in [0, 0.05) is 31.1 Å². The molecule has 1 unspecified atom stereocenters. The fraction of sp³-hybridized carbons (Fsp3) is 0.250. The van der Waals surface area contributed by atoms with Gasteiger partial charge in [0.15, 0.2) is 0 Å². The van der Waals surface area contributed by atoms with Crippen LogP contribution in [-0.2, 0) is 4.79 Å². The third-order valence-electron chi connectivity index (χ3n) is 4.98. The second-order valence-electron chi connectivity index (χ2n) is 6.85. The lowest BCUT2D eigenvalue weighted by molar-refractivity contribution is -0.384. The predicted octanol–water partition coefficient (Wildman–Crippen LogP) is 3.73. The average molecular weight is 448 g/mol. The Morgan fingerprint density at radius 1 is 1.27 bits per heavy atom. The molecular weight excluding hydrogens is 430 g/mol. The molecule has 0 aromatic heterocycles. The smallest absolute Gasteiger partial charge is 0.337 e. The number of carbonyl (C=O) groups excluding carboxylic acids is 1. The number of aromatic carboxylic acids is 1. The molecule has 2 aromatic carbocycles. The van der Waals surface area contributed by atoms with Crippen LogP contribution >= 0.6 is 23.8 Å². The summed E-state index contributed by atoms with van der Waals surface area (Å²) in [5.41, 5.74) is 1.17. The molecule has 1 saturated heterocycles. The summed E-state index contributed by atoms with van der Waals surface area (Å²) in [6.45, 7) is 2.72. The number of nitrogens with zero attached hydrogens (tertiary/aromatic N) is 3. The topological polar surface area (TPSA) is 104 Å². The summed E-state index contributed by atoms with van der Waals surface area (Å²) < 4.78 is 0. The van der Waals surface area contributed by atoms with Gasteiger partial charge in [-0.3, -0.25) is 14.9 Å². The number of amides is 1. The van der Waals surface area contributed by atoms with E-state index in [0.29, 0.717) is 23.8 Å². The summed E-state index contributed by atoms with van der Waals surface area (Å²) in [5.74, 6) is -1.57. The van der Waals surface area contributed by atoms with Crippen molar-refractivity contribution in [3.63, 3.8) is 0 Å². The minimum absolute atomic E-state index is 0.0132. The van der Waals surface area contributed by atoms with Crippen LogP contribution in [0.15, 0.2) is 42.5 Å². The Bertz CT molecular complexity index is 1040. The first kappa shape index (κ1) is 21.7. The molecule has 1 aliphatic rings. The van der Waals surface area contributed by atoms with Crippen LogP contribution in [0.1, 0.15) is 28.8 Å². The normalized spacial score (nSPS) is 15.1. The van der Waals surface area contributed by atoms with E-state index < -0.39 is 10.9 Å². The molecule has 0 radical (unpaired) electrons. The first-order chi connectivity index (χ1) is 14.2. The summed E-state index contributed by atoms with van der Waals surface area (Å²) in [6.07, 6.45) is 0. The number of benzene rings is 2. The van der Waals surface area contributed by atoms with Gasteiger partial charge in [-0.1, -0.05) is 42.9 Å². The van der Waals surface area contributed by atoms with Crippen LogP contribution < -0.4 is 4.90 Å². The number of nitro benzene ring substituents is 1. The number of piperazine rings is 1. The number of rotatable bonds is 5. The average Bonchev–Trinajstić information content (AvgIpc) is 2.72. The zero-order valence-electron chi connectivity index (χ0n) is 15.9. The van der Waals surface area contributed by atoms with E-state index in [-0.39, 0.29) is 34.6 Å². The van der Waals surface area contributed by atoms with Crippen molar-refractivity contribution in [3.8, 4) is 0 Å². The molecule has 2 aromatic rings. The molecule has 0 spiro atoms. The second kappa shape index (κ2) is 8.76. The Kier molecular flexibility index (Phi) is 6.33. The van der Waals surface area contributed by atoms with E-state index in [9.17, 15) is 19.7 Å². The van der Waals surface area contributed by atoms with Crippen molar-refractivity contribution < 1.29 is 19.6 Å². The number of carboxylic acids is 1. The van der Waals surface area contributed by atoms with Gasteiger partial charge < -0.3 is 14.9 Å². The van der Waals surface area contributed by atoms with Gasteiger partial charge in [0.25, 0.3) is 5.69 Å². The number of nitro groups is 1. The van der Waals surface area contributed by atoms with Crippen molar-refractivity contribution in [2.45, 2.75) is 12.8 Å². The number of carbonyl (C=O) groups is 2. The third kappa shape index (κ3) is 4.42. The number of non-ortho nitro benzene ring substituents is 1. The van der Waals surface area contributed by atoms with Crippen molar-refractivity contribution in [1.82, 2.24) is 4.90 Å². The van der Waals surface area contributed by atoms with Crippen LogP contribution in [0.5, 0.6) is 0 Å². The first-order valence-corrected chi connectivity index (χ1v) is 9.84. The van der Waals surface area contributed by atoms with Crippen LogP contribution in [0.25, 0.3) is 0 Å². The molecule has 1 heterocycles. The van der Waals surface area contributed by atoms with E-state index in [1.165, 1.54) is 23.1 Å². The maximum absolute atomic E-state index is 12.7. The fourth-order valence-electron chi connectivity index (χ4n) is 3.30. The van der Waals surface area contributed by atoms with Crippen molar-refractivity contribution >= 4 is 52.1 Å². The summed E-state index contributed by atoms with van der Waals surface area (Å²) >= 11 is 11.6. The molecule has 10 heteroatoms. The fourth-order valence-corrected chi connectivity index (χ4v) is 3.86. The number of hydrogen-bond donors (Lipinski definition) is 1. The van der Waals surface area contributed by atoms with Crippen LogP contribution in [-0.4, -0.2) is 51.4 Å². The molecule has 0 saturated carbocycles. The number of hydrogen-bond acceptors (Lipinski definition) is 5. The quantitative estimate of drug-likeness (QED) is 0.423. The van der Waals surface area contributed by atoms with Gasteiger partial charge in [-0.05, 0) is 23.8 Å². The number of thiocarbonyl (C=S) groups is 1. The lowest BCUT2D eigenvalue weighted by atomic mass is 9.98. The summed E-state index contributed by atoms with van der Waals surface area (Å²) in [7, 11) is 0. The highest BCUT2D eigenvalue weighted by atomic mass is 35.5. The molecular formula is C20H18ClN3O5S. The Morgan fingerprint density at radius 3 is 2.60 bits per heavy atom. The maximum atomic E-state index is 12.7. The Labute approximate surface area is 182 Å². The highest BCUT2D eigenvalue weighted by Gasteiger charge is 2.29. The highest BCUT2D eigenvalue weighted by Crippen LogP contribution is 2.27. The number of halogens is 1. The van der Waals surface area contributed by atoms with Gasteiger partial charge in [0.1, 0.15) is 0 Å². The van der Waals surface area contributed by atoms with E-state index in [2.05, 4.69) is 0 Å². The van der Waals surface area contributed by atoms with Crippen LogP contribution in [0, 0.1) is 10.1 Å². The van der Waals surface area contributed by atoms with Gasteiger partial charge in [0.2, 0.25) is 5.91 Å². The third-order valence-corrected chi connectivity index (χ3v) is 5.90. The van der Waals surface area contributed by atoms with E-state index >= 15 is 0 Å². The predicted molar refractivity (Wildman–Crippen MR) is 116 cm³/mol.